The van der Waals surface area contributed by atoms with E-state index in [0.717, 1.165) is 23.9 Å². The summed E-state index contributed by atoms with van der Waals surface area (Å²) in [5.41, 5.74) is 0.802. The molecule has 1 amide bonds. The average molecular weight is 277 g/mol. The smallest absolute Gasteiger partial charge is 0.230 e. The number of methoxy groups -OCH3 is 1. The van der Waals surface area contributed by atoms with E-state index in [2.05, 4.69) is 12.2 Å². The highest BCUT2D eigenvalue weighted by molar-refractivity contribution is 5.90. The van der Waals surface area contributed by atoms with Gasteiger partial charge < -0.3 is 15.0 Å². The van der Waals surface area contributed by atoms with Crippen molar-refractivity contribution in [2.24, 2.45) is 5.92 Å². The highest BCUT2D eigenvalue weighted by atomic mass is 16.5. The molecular formula is C16H25N2O2+. The zero-order valence-corrected chi connectivity index (χ0v) is 12.4. The van der Waals surface area contributed by atoms with Crippen molar-refractivity contribution in [3.05, 3.63) is 24.3 Å². The minimum absolute atomic E-state index is 0.0870. The Labute approximate surface area is 121 Å². The van der Waals surface area contributed by atoms with E-state index in [1.165, 1.54) is 25.9 Å². The third-order valence-corrected chi connectivity index (χ3v) is 3.92. The minimum atomic E-state index is 0.0870. The molecule has 1 aliphatic rings. The van der Waals surface area contributed by atoms with Crippen molar-refractivity contribution in [2.75, 3.05) is 32.1 Å². The van der Waals surface area contributed by atoms with Crippen LogP contribution >= 0.6 is 0 Å². The van der Waals surface area contributed by atoms with Gasteiger partial charge >= 0.3 is 0 Å². The molecule has 1 fully saturated rings. The van der Waals surface area contributed by atoms with Crippen LogP contribution in [0.15, 0.2) is 24.3 Å². The Morgan fingerprint density at radius 1 is 1.50 bits per heavy atom. The van der Waals surface area contributed by atoms with E-state index in [0.29, 0.717) is 6.42 Å². The number of hydrogen-bond donors (Lipinski definition) is 2. The Kier molecular flexibility index (Phi) is 5.41. The van der Waals surface area contributed by atoms with Gasteiger partial charge in [-0.25, -0.2) is 0 Å². The predicted molar refractivity (Wildman–Crippen MR) is 80.2 cm³/mol. The Bertz CT molecular complexity index is 448. The summed E-state index contributed by atoms with van der Waals surface area (Å²) in [6.07, 6.45) is 3.20. The fourth-order valence-electron chi connectivity index (χ4n) is 2.84. The molecular weight excluding hydrogens is 252 g/mol. The van der Waals surface area contributed by atoms with Crippen LogP contribution in [0.25, 0.3) is 0 Å². The molecule has 1 heterocycles. The van der Waals surface area contributed by atoms with Crippen LogP contribution < -0.4 is 15.0 Å². The second kappa shape index (κ2) is 7.29. The molecule has 0 aliphatic carbocycles. The molecule has 2 N–H and O–H groups in total. The van der Waals surface area contributed by atoms with Crippen molar-refractivity contribution in [2.45, 2.75) is 26.2 Å². The van der Waals surface area contributed by atoms with Crippen LogP contribution in [0.4, 0.5) is 5.69 Å². The highest BCUT2D eigenvalue weighted by Crippen LogP contribution is 2.16. The molecule has 2 atom stereocenters. The number of piperidine rings is 1. The van der Waals surface area contributed by atoms with Gasteiger partial charge in [0.1, 0.15) is 5.75 Å². The molecule has 0 aromatic heterocycles. The number of amides is 1. The van der Waals surface area contributed by atoms with Crippen LogP contribution in [0.3, 0.4) is 0 Å². The van der Waals surface area contributed by atoms with Gasteiger partial charge in [-0.2, -0.15) is 0 Å². The van der Waals surface area contributed by atoms with Gasteiger partial charge in [-0.15, -0.1) is 0 Å². The highest BCUT2D eigenvalue weighted by Gasteiger charge is 2.20. The Balaban J connectivity index is 1.77. The number of hydrogen-bond acceptors (Lipinski definition) is 2. The van der Waals surface area contributed by atoms with Crippen molar-refractivity contribution >= 4 is 11.6 Å². The standard InChI is InChI=1S/C16H24N2O2/c1-13-5-4-9-18(12-13)10-8-16(19)17-14-6-3-7-15(11-14)20-2/h3,6-7,11,13H,4-5,8-10,12H2,1-2H3,(H,17,19)/p+1/t13-/m0/s1. The summed E-state index contributed by atoms with van der Waals surface area (Å²) in [5, 5.41) is 2.94. The number of benzene rings is 1. The number of likely N-dealkylation sites (tertiary alicyclic amines) is 1. The zero-order valence-electron chi connectivity index (χ0n) is 12.4. The Morgan fingerprint density at radius 2 is 2.35 bits per heavy atom. The summed E-state index contributed by atoms with van der Waals surface area (Å²) in [6.45, 7) is 5.64. The Morgan fingerprint density at radius 3 is 3.10 bits per heavy atom. The molecule has 1 unspecified atom stereocenters. The lowest BCUT2D eigenvalue weighted by molar-refractivity contribution is -0.907. The third kappa shape index (κ3) is 4.53. The van der Waals surface area contributed by atoms with Gasteiger partial charge in [-0.05, 0) is 25.0 Å². The maximum atomic E-state index is 12.0. The molecule has 0 saturated carbocycles. The number of anilines is 1. The lowest BCUT2D eigenvalue weighted by atomic mass is 10.0. The summed E-state index contributed by atoms with van der Waals surface area (Å²) in [6, 6.07) is 7.48. The van der Waals surface area contributed by atoms with Gasteiger partial charge in [0.15, 0.2) is 0 Å². The molecule has 1 aromatic carbocycles. The van der Waals surface area contributed by atoms with Crippen molar-refractivity contribution in [1.82, 2.24) is 0 Å². The summed E-state index contributed by atoms with van der Waals surface area (Å²) < 4.78 is 5.15. The molecule has 4 heteroatoms. The third-order valence-electron chi connectivity index (χ3n) is 3.92. The fraction of sp³-hybridized carbons (Fsp3) is 0.562. The molecule has 20 heavy (non-hydrogen) atoms. The van der Waals surface area contributed by atoms with Gasteiger partial charge in [-0.1, -0.05) is 13.0 Å². The zero-order chi connectivity index (χ0) is 14.4. The molecule has 1 saturated heterocycles. The lowest BCUT2D eigenvalue weighted by Gasteiger charge is -2.27. The fourth-order valence-corrected chi connectivity index (χ4v) is 2.84. The SMILES string of the molecule is COc1cccc(NC(=O)CC[NH+]2CCC[C@H](C)C2)c1. The van der Waals surface area contributed by atoms with E-state index in [-0.39, 0.29) is 5.91 Å². The van der Waals surface area contributed by atoms with Gasteiger partial charge in [0.25, 0.3) is 0 Å². The van der Waals surface area contributed by atoms with Gasteiger partial charge in [0.2, 0.25) is 5.91 Å². The monoisotopic (exact) mass is 277 g/mol. The van der Waals surface area contributed by atoms with E-state index in [9.17, 15) is 4.79 Å². The first-order valence-corrected chi connectivity index (χ1v) is 7.45. The van der Waals surface area contributed by atoms with E-state index in [4.69, 9.17) is 4.74 Å². The first kappa shape index (κ1) is 14.9. The van der Waals surface area contributed by atoms with Gasteiger partial charge in [-0.3, -0.25) is 4.79 Å². The van der Waals surface area contributed by atoms with E-state index >= 15 is 0 Å². The Hall–Kier alpha value is -1.55. The number of quaternary nitrogens is 1. The summed E-state index contributed by atoms with van der Waals surface area (Å²) in [4.78, 5) is 13.5. The summed E-state index contributed by atoms with van der Waals surface area (Å²) >= 11 is 0. The molecule has 2 rings (SSSR count). The lowest BCUT2D eigenvalue weighted by Crippen LogP contribution is -3.13. The second-order valence-electron chi connectivity index (χ2n) is 5.73. The molecule has 0 bridgehead atoms. The number of nitrogens with one attached hydrogen (secondary N) is 2. The minimum Gasteiger partial charge on any atom is -0.497 e. The quantitative estimate of drug-likeness (QED) is 0.853. The van der Waals surface area contributed by atoms with Crippen LogP contribution in [0.1, 0.15) is 26.2 Å². The van der Waals surface area contributed by atoms with Crippen molar-refractivity contribution in [3.8, 4) is 5.75 Å². The number of ether oxygens (including phenoxy) is 1. The average Bonchev–Trinajstić information content (AvgIpc) is 2.45. The predicted octanol–water partition coefficient (Wildman–Crippen LogP) is 1.34. The normalized spacial score (nSPS) is 22.3. The van der Waals surface area contributed by atoms with E-state index in [1.54, 1.807) is 12.0 Å². The van der Waals surface area contributed by atoms with Gasteiger partial charge in [0, 0.05) is 17.7 Å². The van der Waals surface area contributed by atoms with Crippen LogP contribution in [0.5, 0.6) is 5.75 Å². The molecule has 4 nitrogen and oxygen atoms in total. The topological polar surface area (TPSA) is 42.8 Å². The first-order valence-electron chi connectivity index (χ1n) is 7.45. The van der Waals surface area contributed by atoms with Crippen molar-refractivity contribution < 1.29 is 14.4 Å². The number of rotatable bonds is 5. The van der Waals surface area contributed by atoms with E-state index in [1.807, 2.05) is 24.3 Å². The second-order valence-corrected chi connectivity index (χ2v) is 5.73. The molecule has 0 spiro atoms. The molecule has 110 valence electrons. The largest absolute Gasteiger partial charge is 0.497 e. The summed E-state index contributed by atoms with van der Waals surface area (Å²) in [7, 11) is 1.63. The number of carbonyl (C=O) groups is 1. The molecule has 1 aromatic rings. The van der Waals surface area contributed by atoms with E-state index < -0.39 is 0 Å². The van der Waals surface area contributed by atoms with Crippen LogP contribution in [0.2, 0.25) is 0 Å². The number of carbonyl (C=O) groups excluding carboxylic acids is 1. The van der Waals surface area contributed by atoms with Crippen LogP contribution in [0, 0.1) is 5.92 Å². The first-order chi connectivity index (χ1) is 9.67. The molecule has 1 aliphatic heterocycles. The summed E-state index contributed by atoms with van der Waals surface area (Å²) in [5.74, 6) is 1.64. The maximum absolute atomic E-state index is 12.0. The van der Waals surface area contributed by atoms with Crippen molar-refractivity contribution in [3.63, 3.8) is 0 Å². The van der Waals surface area contributed by atoms with Gasteiger partial charge in [0.05, 0.1) is 33.2 Å². The van der Waals surface area contributed by atoms with Crippen LogP contribution in [-0.4, -0.2) is 32.7 Å². The molecule has 0 radical (unpaired) electrons. The van der Waals surface area contributed by atoms with Crippen molar-refractivity contribution in [1.29, 1.82) is 0 Å². The van der Waals surface area contributed by atoms with Crippen LogP contribution in [-0.2, 0) is 4.79 Å². The maximum Gasteiger partial charge on any atom is 0.230 e.